The van der Waals surface area contributed by atoms with Gasteiger partial charge in [-0.15, -0.1) is 0 Å². The van der Waals surface area contributed by atoms with Crippen LogP contribution in [0.2, 0.25) is 0 Å². The maximum atomic E-state index is 13.3. The minimum atomic E-state index is -3.94. The number of hydrogen-bond acceptors (Lipinski definition) is 5. The van der Waals surface area contributed by atoms with E-state index in [0.29, 0.717) is 11.4 Å². The fourth-order valence-corrected chi connectivity index (χ4v) is 4.38. The molecule has 0 aliphatic rings. The Morgan fingerprint density at radius 2 is 1.84 bits per heavy atom. The summed E-state index contributed by atoms with van der Waals surface area (Å²) in [6.07, 6.45) is 2.78. The van der Waals surface area contributed by atoms with Crippen LogP contribution in [0.3, 0.4) is 0 Å². The van der Waals surface area contributed by atoms with Crippen molar-refractivity contribution < 1.29 is 17.9 Å². The van der Waals surface area contributed by atoms with Gasteiger partial charge in [-0.3, -0.25) is 9.78 Å². The lowest BCUT2D eigenvalue weighted by atomic mass is 10.1. The van der Waals surface area contributed by atoms with Crippen molar-refractivity contribution in [3.8, 4) is 5.75 Å². The summed E-state index contributed by atoms with van der Waals surface area (Å²) in [7, 11) is -2.38. The molecule has 8 heteroatoms. The van der Waals surface area contributed by atoms with Crippen LogP contribution in [-0.2, 0) is 21.4 Å². The van der Waals surface area contributed by atoms with Crippen molar-refractivity contribution in [2.75, 3.05) is 19.0 Å². The van der Waals surface area contributed by atoms with Crippen LogP contribution < -0.4 is 10.1 Å². The Labute approximate surface area is 182 Å². The van der Waals surface area contributed by atoms with Gasteiger partial charge in [0.05, 0.1) is 13.7 Å². The molecule has 0 aliphatic heterocycles. The minimum Gasteiger partial charge on any atom is -0.497 e. The van der Waals surface area contributed by atoms with Gasteiger partial charge in [0.15, 0.2) is 0 Å². The number of nitrogens with one attached hydrogen (secondary N) is 1. The summed E-state index contributed by atoms with van der Waals surface area (Å²) >= 11 is 0. The van der Waals surface area contributed by atoms with Crippen LogP contribution in [0.4, 0.5) is 5.69 Å². The van der Waals surface area contributed by atoms with E-state index in [4.69, 9.17) is 4.74 Å². The molecule has 0 saturated carbocycles. The number of amides is 1. The van der Waals surface area contributed by atoms with E-state index < -0.39 is 15.9 Å². The Kier molecular flexibility index (Phi) is 7.04. The molecule has 31 heavy (non-hydrogen) atoms. The summed E-state index contributed by atoms with van der Waals surface area (Å²) in [6.45, 7) is 3.51. The van der Waals surface area contributed by atoms with E-state index >= 15 is 0 Å². The van der Waals surface area contributed by atoms with E-state index in [1.165, 1.54) is 18.5 Å². The highest BCUT2D eigenvalue weighted by molar-refractivity contribution is 7.89. The molecule has 162 valence electrons. The minimum absolute atomic E-state index is 0.0292. The third kappa shape index (κ3) is 5.68. The molecule has 2 aromatic carbocycles. The van der Waals surface area contributed by atoms with Crippen LogP contribution in [0, 0.1) is 13.8 Å². The maximum Gasteiger partial charge on any atom is 0.245 e. The van der Waals surface area contributed by atoms with E-state index in [9.17, 15) is 13.2 Å². The van der Waals surface area contributed by atoms with E-state index in [2.05, 4.69) is 10.3 Å². The SMILES string of the molecule is COc1ccc(CN(CC(=O)Nc2cc(C)ccc2C)S(=O)(=O)c2cccnc2)cc1. The summed E-state index contributed by atoms with van der Waals surface area (Å²) < 4.78 is 32.8. The zero-order chi connectivity index (χ0) is 22.4. The van der Waals surface area contributed by atoms with Crippen molar-refractivity contribution in [3.63, 3.8) is 0 Å². The van der Waals surface area contributed by atoms with Crippen molar-refractivity contribution >= 4 is 21.6 Å². The van der Waals surface area contributed by atoms with E-state index in [1.54, 1.807) is 37.4 Å². The Balaban J connectivity index is 1.87. The number of benzene rings is 2. The van der Waals surface area contributed by atoms with Gasteiger partial charge in [-0.2, -0.15) is 4.31 Å². The third-order valence-electron chi connectivity index (χ3n) is 4.78. The van der Waals surface area contributed by atoms with Crippen molar-refractivity contribution in [2.45, 2.75) is 25.3 Å². The van der Waals surface area contributed by atoms with E-state index in [-0.39, 0.29) is 18.0 Å². The lowest BCUT2D eigenvalue weighted by molar-refractivity contribution is -0.116. The second-order valence-corrected chi connectivity index (χ2v) is 9.11. The van der Waals surface area contributed by atoms with Crippen LogP contribution in [0.15, 0.2) is 71.9 Å². The maximum absolute atomic E-state index is 13.3. The second kappa shape index (κ2) is 9.72. The molecular formula is C23H25N3O4S. The average molecular weight is 440 g/mol. The Morgan fingerprint density at radius 1 is 1.10 bits per heavy atom. The number of carbonyl (C=O) groups is 1. The van der Waals surface area contributed by atoms with Gasteiger partial charge >= 0.3 is 0 Å². The number of nitrogens with zero attached hydrogens (tertiary/aromatic N) is 2. The highest BCUT2D eigenvalue weighted by atomic mass is 32.2. The Bertz CT molecular complexity index is 1150. The number of aryl methyl sites for hydroxylation is 2. The highest BCUT2D eigenvalue weighted by Gasteiger charge is 2.27. The van der Waals surface area contributed by atoms with Crippen LogP contribution in [0.5, 0.6) is 5.75 Å². The first-order valence-corrected chi connectivity index (χ1v) is 11.1. The first-order chi connectivity index (χ1) is 14.8. The van der Waals surface area contributed by atoms with Gasteiger partial charge in [0.2, 0.25) is 15.9 Å². The lowest BCUT2D eigenvalue weighted by Crippen LogP contribution is -2.37. The van der Waals surface area contributed by atoms with E-state index in [1.807, 2.05) is 32.0 Å². The second-order valence-electron chi connectivity index (χ2n) is 7.18. The molecule has 3 rings (SSSR count). The van der Waals surface area contributed by atoms with Crippen molar-refractivity contribution in [2.24, 2.45) is 0 Å². The quantitative estimate of drug-likeness (QED) is 0.580. The number of anilines is 1. The summed E-state index contributed by atoms with van der Waals surface area (Å²) in [6, 6.07) is 15.8. The summed E-state index contributed by atoms with van der Waals surface area (Å²) in [4.78, 5) is 16.7. The number of methoxy groups -OCH3 is 1. The molecule has 1 N–H and O–H groups in total. The molecule has 3 aromatic rings. The lowest BCUT2D eigenvalue weighted by Gasteiger charge is -2.22. The first kappa shape index (κ1) is 22.5. The molecule has 0 atom stereocenters. The smallest absolute Gasteiger partial charge is 0.245 e. The topological polar surface area (TPSA) is 88.6 Å². The molecule has 1 aromatic heterocycles. The summed E-state index contributed by atoms with van der Waals surface area (Å²) in [5.41, 5.74) is 3.29. The number of pyridine rings is 1. The van der Waals surface area contributed by atoms with E-state index in [0.717, 1.165) is 21.0 Å². The number of sulfonamides is 1. The molecule has 0 radical (unpaired) electrons. The predicted octanol–water partition coefficient (Wildman–Crippen LogP) is 3.54. The van der Waals surface area contributed by atoms with Crippen molar-refractivity contribution in [3.05, 3.63) is 83.7 Å². The molecule has 0 fully saturated rings. The monoisotopic (exact) mass is 439 g/mol. The van der Waals surface area contributed by atoms with Crippen LogP contribution >= 0.6 is 0 Å². The van der Waals surface area contributed by atoms with Crippen LogP contribution in [0.1, 0.15) is 16.7 Å². The Hall–Kier alpha value is -3.23. The Morgan fingerprint density at radius 3 is 2.48 bits per heavy atom. The fraction of sp³-hybridized carbons (Fsp3) is 0.217. The number of ether oxygens (including phenoxy) is 1. The number of rotatable bonds is 8. The number of aromatic nitrogens is 1. The van der Waals surface area contributed by atoms with Crippen LogP contribution in [0.25, 0.3) is 0 Å². The molecule has 7 nitrogen and oxygen atoms in total. The first-order valence-electron chi connectivity index (χ1n) is 9.70. The van der Waals surface area contributed by atoms with Gasteiger partial charge in [0.25, 0.3) is 0 Å². The predicted molar refractivity (Wildman–Crippen MR) is 119 cm³/mol. The standard InChI is InChI=1S/C23H25N3O4S/c1-17-6-7-18(2)22(13-17)25-23(27)16-26(15-19-8-10-20(30-3)11-9-19)31(28,29)21-5-4-12-24-14-21/h4-14H,15-16H2,1-3H3,(H,25,27). The number of hydrogen-bond donors (Lipinski definition) is 1. The fourth-order valence-electron chi connectivity index (χ4n) is 3.03. The van der Waals surface area contributed by atoms with Gasteiger partial charge in [-0.05, 0) is 60.9 Å². The van der Waals surface area contributed by atoms with Gasteiger partial charge in [0, 0.05) is 24.6 Å². The van der Waals surface area contributed by atoms with Gasteiger partial charge in [-0.25, -0.2) is 8.42 Å². The van der Waals surface area contributed by atoms with Gasteiger partial charge in [-0.1, -0.05) is 24.3 Å². The van der Waals surface area contributed by atoms with Crippen molar-refractivity contribution in [1.29, 1.82) is 0 Å². The largest absolute Gasteiger partial charge is 0.497 e. The molecule has 0 unspecified atom stereocenters. The molecule has 0 spiro atoms. The highest BCUT2D eigenvalue weighted by Crippen LogP contribution is 2.21. The third-order valence-corrected chi connectivity index (χ3v) is 6.55. The molecule has 1 amide bonds. The van der Waals surface area contributed by atoms with Gasteiger partial charge in [0.1, 0.15) is 10.6 Å². The molecule has 0 aliphatic carbocycles. The summed E-state index contributed by atoms with van der Waals surface area (Å²) in [5, 5.41) is 2.83. The van der Waals surface area contributed by atoms with Crippen LogP contribution in [-0.4, -0.2) is 37.3 Å². The molecule has 1 heterocycles. The normalized spacial score (nSPS) is 11.4. The number of carbonyl (C=O) groups excluding carboxylic acids is 1. The molecule has 0 bridgehead atoms. The average Bonchev–Trinajstić information content (AvgIpc) is 2.77. The van der Waals surface area contributed by atoms with Gasteiger partial charge < -0.3 is 10.1 Å². The summed E-state index contributed by atoms with van der Waals surface area (Å²) in [5.74, 6) is 0.243. The zero-order valence-corrected chi connectivity index (χ0v) is 18.5. The molecular weight excluding hydrogens is 414 g/mol. The molecule has 0 saturated heterocycles. The van der Waals surface area contributed by atoms with Crippen molar-refractivity contribution in [1.82, 2.24) is 9.29 Å². The zero-order valence-electron chi connectivity index (χ0n) is 17.7.